The van der Waals surface area contributed by atoms with E-state index in [0.717, 1.165) is 28.0 Å². The van der Waals surface area contributed by atoms with Crippen molar-refractivity contribution in [3.8, 4) is 11.3 Å². The van der Waals surface area contributed by atoms with Crippen LogP contribution in [-0.4, -0.2) is 9.97 Å². The van der Waals surface area contributed by atoms with Crippen LogP contribution < -0.4 is 0 Å². The van der Waals surface area contributed by atoms with Crippen molar-refractivity contribution in [3.05, 3.63) is 60.0 Å². The van der Waals surface area contributed by atoms with Crippen LogP contribution in [0.1, 0.15) is 19.5 Å². The lowest BCUT2D eigenvalue weighted by Gasteiger charge is -2.06. The Balaban J connectivity index is 0.000000704. The molecule has 0 saturated carbocycles. The number of para-hydroxylation sites is 2. The van der Waals surface area contributed by atoms with Crippen molar-refractivity contribution in [2.75, 3.05) is 0 Å². The Labute approximate surface area is 118 Å². The highest BCUT2D eigenvalue weighted by Crippen LogP contribution is 2.22. The molecule has 0 radical (unpaired) electrons. The molecule has 1 aromatic heterocycles. The van der Waals surface area contributed by atoms with Gasteiger partial charge in [0, 0.05) is 5.56 Å². The summed E-state index contributed by atoms with van der Waals surface area (Å²) < 4.78 is 12.9. The average molecular weight is 268 g/mol. The SMILES string of the molecule is CC.Cc1nc2ccccc2nc1-c1ccc(F)cc1. The molecular formula is C17H17FN2. The highest BCUT2D eigenvalue weighted by atomic mass is 19.1. The molecular weight excluding hydrogens is 251 g/mol. The summed E-state index contributed by atoms with van der Waals surface area (Å²) in [6.07, 6.45) is 0. The Hall–Kier alpha value is -2.29. The minimum atomic E-state index is -0.245. The molecule has 0 fully saturated rings. The maximum Gasteiger partial charge on any atom is 0.123 e. The highest BCUT2D eigenvalue weighted by Gasteiger charge is 2.07. The van der Waals surface area contributed by atoms with E-state index < -0.39 is 0 Å². The van der Waals surface area contributed by atoms with Gasteiger partial charge in [-0.1, -0.05) is 26.0 Å². The second-order valence-electron chi connectivity index (χ2n) is 4.15. The lowest BCUT2D eigenvalue weighted by atomic mass is 10.1. The quantitative estimate of drug-likeness (QED) is 0.635. The first kappa shape index (κ1) is 14.1. The number of hydrogen-bond donors (Lipinski definition) is 0. The molecule has 0 bridgehead atoms. The molecule has 3 rings (SSSR count). The third-order valence-electron chi connectivity index (χ3n) is 2.86. The first-order chi connectivity index (χ1) is 9.74. The molecule has 0 atom stereocenters. The van der Waals surface area contributed by atoms with E-state index in [4.69, 9.17) is 0 Å². The van der Waals surface area contributed by atoms with E-state index in [1.165, 1.54) is 12.1 Å². The number of rotatable bonds is 1. The molecule has 3 aromatic rings. The molecule has 2 nitrogen and oxygen atoms in total. The van der Waals surface area contributed by atoms with Gasteiger partial charge in [-0.3, -0.25) is 0 Å². The number of hydrogen-bond acceptors (Lipinski definition) is 2. The van der Waals surface area contributed by atoms with E-state index in [1.54, 1.807) is 12.1 Å². The van der Waals surface area contributed by atoms with Crippen molar-refractivity contribution in [1.82, 2.24) is 9.97 Å². The largest absolute Gasteiger partial charge is 0.249 e. The molecule has 0 aliphatic heterocycles. The number of benzene rings is 2. The number of halogens is 1. The van der Waals surface area contributed by atoms with Crippen LogP contribution in [0.2, 0.25) is 0 Å². The summed E-state index contributed by atoms with van der Waals surface area (Å²) in [6, 6.07) is 14.0. The molecule has 0 aliphatic rings. The van der Waals surface area contributed by atoms with Crippen LogP contribution in [0.3, 0.4) is 0 Å². The van der Waals surface area contributed by atoms with E-state index in [0.29, 0.717) is 0 Å². The van der Waals surface area contributed by atoms with Crippen LogP contribution in [-0.2, 0) is 0 Å². The van der Waals surface area contributed by atoms with Gasteiger partial charge in [0.2, 0.25) is 0 Å². The summed E-state index contributed by atoms with van der Waals surface area (Å²) in [7, 11) is 0. The maximum atomic E-state index is 12.9. The third kappa shape index (κ3) is 2.82. The van der Waals surface area contributed by atoms with Gasteiger partial charge in [-0.15, -0.1) is 0 Å². The Kier molecular flexibility index (Phi) is 4.41. The van der Waals surface area contributed by atoms with Gasteiger partial charge in [0.25, 0.3) is 0 Å². The van der Waals surface area contributed by atoms with Gasteiger partial charge in [0.05, 0.1) is 22.4 Å². The average Bonchev–Trinajstić information content (AvgIpc) is 2.49. The van der Waals surface area contributed by atoms with Gasteiger partial charge < -0.3 is 0 Å². The van der Waals surface area contributed by atoms with Crippen molar-refractivity contribution in [1.29, 1.82) is 0 Å². The van der Waals surface area contributed by atoms with E-state index in [9.17, 15) is 4.39 Å². The van der Waals surface area contributed by atoms with Gasteiger partial charge >= 0.3 is 0 Å². The van der Waals surface area contributed by atoms with Crippen LogP contribution in [0.15, 0.2) is 48.5 Å². The summed E-state index contributed by atoms with van der Waals surface area (Å²) in [5.41, 5.74) is 4.25. The van der Waals surface area contributed by atoms with Crippen LogP contribution in [0, 0.1) is 12.7 Å². The summed E-state index contributed by atoms with van der Waals surface area (Å²) in [5.74, 6) is -0.245. The van der Waals surface area contributed by atoms with Crippen molar-refractivity contribution in [2.24, 2.45) is 0 Å². The number of fused-ring (bicyclic) bond motifs is 1. The first-order valence-electron chi connectivity index (χ1n) is 6.73. The zero-order chi connectivity index (χ0) is 14.5. The Morgan fingerprint density at radius 2 is 1.35 bits per heavy atom. The Bertz CT molecular complexity index is 706. The molecule has 0 unspecified atom stereocenters. The van der Waals surface area contributed by atoms with Gasteiger partial charge in [0.15, 0.2) is 0 Å². The van der Waals surface area contributed by atoms with Gasteiger partial charge in [-0.2, -0.15) is 0 Å². The molecule has 20 heavy (non-hydrogen) atoms. The molecule has 3 heteroatoms. The molecule has 0 amide bonds. The van der Waals surface area contributed by atoms with Gasteiger partial charge in [-0.25, -0.2) is 14.4 Å². The fourth-order valence-electron chi connectivity index (χ4n) is 1.97. The van der Waals surface area contributed by atoms with Crippen LogP contribution in [0.25, 0.3) is 22.3 Å². The minimum absolute atomic E-state index is 0.245. The van der Waals surface area contributed by atoms with E-state index >= 15 is 0 Å². The Morgan fingerprint density at radius 1 is 0.800 bits per heavy atom. The minimum Gasteiger partial charge on any atom is -0.249 e. The van der Waals surface area contributed by atoms with E-state index in [-0.39, 0.29) is 5.82 Å². The zero-order valence-electron chi connectivity index (χ0n) is 11.9. The first-order valence-corrected chi connectivity index (χ1v) is 6.73. The van der Waals surface area contributed by atoms with Crippen LogP contribution in [0.5, 0.6) is 0 Å². The monoisotopic (exact) mass is 268 g/mol. The van der Waals surface area contributed by atoms with Crippen LogP contribution >= 0.6 is 0 Å². The second-order valence-corrected chi connectivity index (χ2v) is 4.15. The summed E-state index contributed by atoms with van der Waals surface area (Å²) in [6.45, 7) is 5.91. The molecule has 0 aliphatic carbocycles. The van der Waals surface area contributed by atoms with Crippen molar-refractivity contribution < 1.29 is 4.39 Å². The Morgan fingerprint density at radius 3 is 1.95 bits per heavy atom. The van der Waals surface area contributed by atoms with Crippen molar-refractivity contribution in [3.63, 3.8) is 0 Å². The summed E-state index contributed by atoms with van der Waals surface area (Å²) in [4.78, 5) is 9.11. The van der Waals surface area contributed by atoms with Crippen molar-refractivity contribution >= 4 is 11.0 Å². The smallest absolute Gasteiger partial charge is 0.123 e. The molecule has 0 saturated heterocycles. The summed E-state index contributed by atoms with van der Waals surface area (Å²) in [5, 5.41) is 0. The highest BCUT2D eigenvalue weighted by molar-refractivity contribution is 5.78. The zero-order valence-corrected chi connectivity index (χ0v) is 11.9. The fraction of sp³-hybridized carbons (Fsp3) is 0.176. The number of aromatic nitrogens is 2. The fourth-order valence-corrected chi connectivity index (χ4v) is 1.97. The van der Waals surface area contributed by atoms with Gasteiger partial charge in [-0.05, 0) is 43.3 Å². The van der Waals surface area contributed by atoms with Crippen molar-refractivity contribution in [2.45, 2.75) is 20.8 Å². The molecule has 0 N–H and O–H groups in total. The normalized spacial score (nSPS) is 10.0. The lowest BCUT2D eigenvalue weighted by molar-refractivity contribution is 0.628. The second kappa shape index (κ2) is 6.24. The van der Waals surface area contributed by atoms with Crippen LogP contribution in [0.4, 0.5) is 4.39 Å². The van der Waals surface area contributed by atoms with E-state index in [2.05, 4.69) is 9.97 Å². The maximum absolute atomic E-state index is 12.9. The molecule has 1 heterocycles. The van der Waals surface area contributed by atoms with E-state index in [1.807, 2.05) is 45.0 Å². The van der Waals surface area contributed by atoms with Gasteiger partial charge in [0.1, 0.15) is 5.82 Å². The number of aryl methyl sites for hydroxylation is 1. The molecule has 102 valence electrons. The molecule has 0 spiro atoms. The number of nitrogens with zero attached hydrogens (tertiary/aromatic N) is 2. The third-order valence-corrected chi connectivity index (χ3v) is 2.86. The summed E-state index contributed by atoms with van der Waals surface area (Å²) >= 11 is 0. The topological polar surface area (TPSA) is 25.8 Å². The molecule has 2 aromatic carbocycles. The standard InChI is InChI=1S/C15H11FN2.C2H6/c1-10-15(11-6-8-12(16)9-7-11)18-14-5-3-2-4-13(14)17-10;1-2/h2-9H,1H3;1-2H3. The predicted molar refractivity (Wildman–Crippen MR) is 81.0 cm³/mol. The predicted octanol–water partition coefficient (Wildman–Crippen LogP) is 4.77. The lowest BCUT2D eigenvalue weighted by Crippen LogP contribution is -1.94.